The van der Waals surface area contributed by atoms with Crippen LogP contribution in [0.1, 0.15) is 47.1 Å². The number of fused-ring (bicyclic) bond motifs is 1. The Morgan fingerprint density at radius 3 is 2.31 bits per heavy atom. The molecule has 0 fully saturated rings. The molecule has 4 aromatic carbocycles. The maximum absolute atomic E-state index is 13.1. The van der Waals surface area contributed by atoms with E-state index in [2.05, 4.69) is 34.9 Å². The van der Waals surface area contributed by atoms with Crippen LogP contribution in [-0.4, -0.2) is 45.5 Å². The standard InChI is InChI=1S/C32H34N2O4S/c1-32(2,3)34-31(38)27-14-7-6-11-23(27)19-29(36)28(33-30(37)24-12-8-13-25(35)17-24)20-39-26-16-15-21-9-4-5-10-22(21)18-26/h4-18,28-29,35-36H,19-20H2,1-3H3,(H,33,37)(H,34,38)/t28-,29+/m0/s1. The Balaban J connectivity index is 1.56. The molecule has 7 heteroatoms. The van der Waals surface area contributed by atoms with Crippen LogP contribution >= 0.6 is 11.8 Å². The van der Waals surface area contributed by atoms with Gasteiger partial charge in [0.2, 0.25) is 0 Å². The first-order valence-corrected chi connectivity index (χ1v) is 13.9. The highest BCUT2D eigenvalue weighted by atomic mass is 32.2. The zero-order valence-electron chi connectivity index (χ0n) is 22.3. The lowest BCUT2D eigenvalue weighted by Gasteiger charge is -2.26. The molecular weight excluding hydrogens is 508 g/mol. The molecule has 0 saturated heterocycles. The quantitative estimate of drug-likeness (QED) is 0.207. The maximum atomic E-state index is 13.1. The monoisotopic (exact) mass is 542 g/mol. The molecule has 0 aliphatic carbocycles. The fraction of sp³-hybridized carbons (Fsp3) is 0.250. The SMILES string of the molecule is CC(C)(C)NC(=O)c1ccccc1C[C@@H](O)[C@H](CSc1ccc2ccccc2c1)NC(=O)c1cccc(O)c1. The van der Waals surface area contributed by atoms with E-state index in [4.69, 9.17) is 0 Å². The van der Waals surface area contributed by atoms with E-state index in [9.17, 15) is 19.8 Å². The number of benzene rings is 4. The van der Waals surface area contributed by atoms with Crippen molar-refractivity contribution in [2.24, 2.45) is 0 Å². The molecule has 39 heavy (non-hydrogen) atoms. The third kappa shape index (κ3) is 7.85. The predicted molar refractivity (Wildman–Crippen MR) is 157 cm³/mol. The number of carbonyl (C=O) groups is 2. The molecule has 0 saturated carbocycles. The number of aromatic hydroxyl groups is 1. The largest absolute Gasteiger partial charge is 0.508 e. The molecule has 0 radical (unpaired) electrons. The summed E-state index contributed by atoms with van der Waals surface area (Å²) >= 11 is 1.54. The first-order chi connectivity index (χ1) is 18.6. The van der Waals surface area contributed by atoms with Crippen molar-refractivity contribution in [1.82, 2.24) is 10.6 Å². The average Bonchev–Trinajstić information content (AvgIpc) is 2.90. The van der Waals surface area contributed by atoms with Gasteiger partial charge in [-0.15, -0.1) is 11.8 Å². The Morgan fingerprint density at radius 1 is 0.846 bits per heavy atom. The molecule has 4 rings (SSSR count). The summed E-state index contributed by atoms with van der Waals surface area (Å²) in [6, 6.07) is 26.9. The zero-order valence-corrected chi connectivity index (χ0v) is 23.2. The minimum atomic E-state index is -0.970. The highest BCUT2D eigenvalue weighted by Gasteiger charge is 2.25. The van der Waals surface area contributed by atoms with E-state index >= 15 is 0 Å². The van der Waals surface area contributed by atoms with Gasteiger partial charge in [-0.2, -0.15) is 0 Å². The summed E-state index contributed by atoms with van der Waals surface area (Å²) in [6.45, 7) is 5.75. The molecule has 0 aliphatic rings. The summed E-state index contributed by atoms with van der Waals surface area (Å²) in [5.41, 5.74) is 1.08. The molecule has 202 valence electrons. The number of carbonyl (C=O) groups excluding carboxylic acids is 2. The van der Waals surface area contributed by atoms with Crippen LogP contribution in [0.5, 0.6) is 5.75 Å². The first-order valence-electron chi connectivity index (χ1n) is 12.9. The van der Waals surface area contributed by atoms with Crippen molar-refractivity contribution in [3.05, 3.63) is 108 Å². The lowest BCUT2D eigenvalue weighted by Crippen LogP contribution is -2.46. The molecule has 2 atom stereocenters. The Bertz CT molecular complexity index is 1460. The smallest absolute Gasteiger partial charge is 0.251 e. The number of thioether (sulfide) groups is 1. The van der Waals surface area contributed by atoms with Crippen LogP contribution in [0.15, 0.2) is 95.9 Å². The molecule has 0 heterocycles. The van der Waals surface area contributed by atoms with Crippen LogP contribution < -0.4 is 10.6 Å². The molecule has 0 spiro atoms. The molecule has 4 aromatic rings. The van der Waals surface area contributed by atoms with Crippen LogP contribution in [0.25, 0.3) is 10.8 Å². The number of phenolic OH excluding ortho intramolecular Hbond substituents is 1. The number of amides is 2. The molecule has 0 unspecified atom stereocenters. The molecule has 0 bridgehead atoms. The summed E-state index contributed by atoms with van der Waals surface area (Å²) in [5, 5.41) is 29.4. The lowest BCUT2D eigenvalue weighted by molar-refractivity contribution is 0.0849. The Labute approximate surface area is 233 Å². The molecular formula is C32H34N2O4S. The molecule has 4 N–H and O–H groups in total. The number of aliphatic hydroxyl groups excluding tert-OH is 1. The average molecular weight is 543 g/mol. The Morgan fingerprint density at radius 2 is 1.56 bits per heavy atom. The van der Waals surface area contributed by atoms with Crippen molar-refractivity contribution < 1.29 is 19.8 Å². The molecule has 6 nitrogen and oxygen atoms in total. The van der Waals surface area contributed by atoms with E-state index in [1.807, 2.05) is 51.1 Å². The van der Waals surface area contributed by atoms with Gasteiger partial charge in [0.25, 0.3) is 11.8 Å². The van der Waals surface area contributed by atoms with Gasteiger partial charge >= 0.3 is 0 Å². The van der Waals surface area contributed by atoms with Gasteiger partial charge in [-0.25, -0.2) is 0 Å². The van der Waals surface area contributed by atoms with Crippen LogP contribution in [0, 0.1) is 0 Å². The van der Waals surface area contributed by atoms with E-state index < -0.39 is 23.6 Å². The zero-order chi connectivity index (χ0) is 28.0. The predicted octanol–water partition coefficient (Wildman–Crippen LogP) is 5.57. The van der Waals surface area contributed by atoms with Gasteiger partial charge in [0.05, 0.1) is 12.1 Å². The van der Waals surface area contributed by atoms with Gasteiger partial charge in [0.15, 0.2) is 0 Å². The highest BCUT2D eigenvalue weighted by Crippen LogP contribution is 2.26. The van der Waals surface area contributed by atoms with E-state index in [-0.39, 0.29) is 18.1 Å². The van der Waals surface area contributed by atoms with Crippen molar-refractivity contribution in [1.29, 1.82) is 0 Å². The summed E-state index contributed by atoms with van der Waals surface area (Å²) in [5.74, 6) is -0.214. The summed E-state index contributed by atoms with van der Waals surface area (Å²) in [6.07, 6.45) is -0.792. The van der Waals surface area contributed by atoms with Crippen LogP contribution in [-0.2, 0) is 6.42 Å². The first kappa shape index (κ1) is 28.2. The summed E-state index contributed by atoms with van der Waals surface area (Å²) < 4.78 is 0. The van der Waals surface area contributed by atoms with E-state index in [0.717, 1.165) is 15.7 Å². The fourth-order valence-corrected chi connectivity index (χ4v) is 5.34. The van der Waals surface area contributed by atoms with Gasteiger partial charge in [0.1, 0.15) is 5.75 Å². The fourth-order valence-electron chi connectivity index (χ4n) is 4.29. The summed E-state index contributed by atoms with van der Waals surface area (Å²) in [7, 11) is 0. The second-order valence-electron chi connectivity index (χ2n) is 10.6. The lowest BCUT2D eigenvalue weighted by atomic mass is 9.97. The minimum absolute atomic E-state index is 0.0101. The molecule has 0 aromatic heterocycles. The van der Waals surface area contributed by atoms with E-state index in [1.54, 1.807) is 24.3 Å². The Hall–Kier alpha value is -3.81. The number of phenols is 1. The van der Waals surface area contributed by atoms with Crippen molar-refractivity contribution in [2.75, 3.05) is 5.75 Å². The highest BCUT2D eigenvalue weighted by molar-refractivity contribution is 7.99. The third-order valence-electron chi connectivity index (χ3n) is 6.22. The number of hydrogen-bond acceptors (Lipinski definition) is 5. The van der Waals surface area contributed by atoms with Gasteiger partial charge in [-0.3, -0.25) is 9.59 Å². The number of rotatable bonds is 9. The number of aliphatic hydroxyl groups is 1. The van der Waals surface area contributed by atoms with Gasteiger partial charge in [-0.05, 0) is 73.5 Å². The van der Waals surface area contributed by atoms with Crippen molar-refractivity contribution >= 4 is 34.3 Å². The topological polar surface area (TPSA) is 98.7 Å². The van der Waals surface area contributed by atoms with Crippen LogP contribution in [0.3, 0.4) is 0 Å². The molecule has 2 amide bonds. The van der Waals surface area contributed by atoms with Gasteiger partial charge in [-0.1, -0.05) is 54.6 Å². The second-order valence-corrected chi connectivity index (χ2v) is 11.7. The minimum Gasteiger partial charge on any atom is -0.508 e. The van der Waals surface area contributed by atoms with Gasteiger partial charge < -0.3 is 20.8 Å². The Kier molecular flexibility index (Phi) is 8.94. The van der Waals surface area contributed by atoms with Gasteiger partial charge in [0, 0.05) is 33.7 Å². The maximum Gasteiger partial charge on any atom is 0.251 e. The van der Waals surface area contributed by atoms with Crippen LogP contribution in [0.4, 0.5) is 0 Å². The van der Waals surface area contributed by atoms with Crippen molar-refractivity contribution in [3.8, 4) is 5.75 Å². The molecule has 0 aliphatic heterocycles. The van der Waals surface area contributed by atoms with E-state index in [1.165, 1.54) is 23.9 Å². The van der Waals surface area contributed by atoms with Crippen molar-refractivity contribution in [3.63, 3.8) is 0 Å². The second kappa shape index (κ2) is 12.4. The normalized spacial score (nSPS) is 13.0. The van der Waals surface area contributed by atoms with Crippen molar-refractivity contribution in [2.45, 2.75) is 49.8 Å². The van der Waals surface area contributed by atoms with Crippen LogP contribution in [0.2, 0.25) is 0 Å². The van der Waals surface area contributed by atoms with E-state index in [0.29, 0.717) is 22.4 Å². The summed E-state index contributed by atoms with van der Waals surface area (Å²) in [4.78, 5) is 27.0. The number of hydrogen-bond donors (Lipinski definition) is 4. The third-order valence-corrected chi connectivity index (χ3v) is 7.33. The number of nitrogens with one attached hydrogen (secondary N) is 2.